The molecule has 0 spiro atoms. The van der Waals surface area contributed by atoms with Crippen LogP contribution in [-0.4, -0.2) is 14.5 Å². The molecule has 0 aliphatic carbocycles. The Morgan fingerprint density at radius 2 is 2.10 bits per heavy atom. The number of fused-ring (bicyclic) bond motifs is 1. The summed E-state index contributed by atoms with van der Waals surface area (Å²) in [5, 5.41) is 13.1. The second kappa shape index (κ2) is 4.57. The van der Waals surface area contributed by atoms with Crippen LogP contribution in [0, 0.1) is 10.7 Å². The first-order valence-corrected chi connectivity index (χ1v) is 5.98. The molecule has 2 aromatic heterocycles. The number of hydrogen-bond acceptors (Lipinski definition) is 4. The van der Waals surface area contributed by atoms with Crippen LogP contribution in [0.5, 0.6) is 5.75 Å². The smallest absolute Gasteiger partial charge is 0.209 e. The van der Waals surface area contributed by atoms with Crippen molar-refractivity contribution in [1.29, 1.82) is 0 Å². The molecule has 2 heterocycles. The molecule has 1 N–H and O–H groups in total. The molecule has 0 aliphatic rings. The third-order valence-electron chi connectivity index (χ3n) is 2.86. The van der Waals surface area contributed by atoms with Gasteiger partial charge in [-0.25, -0.2) is 9.37 Å². The molecule has 100 valence electrons. The number of hydrogen-bond donors (Lipinski definition) is 1. The first-order valence-electron chi connectivity index (χ1n) is 5.60. The predicted octanol–water partition coefficient (Wildman–Crippen LogP) is 3.90. The number of imidazole rings is 1. The van der Waals surface area contributed by atoms with E-state index in [0.29, 0.717) is 10.7 Å². The molecular formula is C13H7ClFN3O2. The van der Waals surface area contributed by atoms with Crippen molar-refractivity contribution in [2.24, 2.45) is 5.18 Å². The van der Waals surface area contributed by atoms with E-state index in [1.165, 1.54) is 34.7 Å². The molecule has 0 atom stereocenters. The van der Waals surface area contributed by atoms with Crippen molar-refractivity contribution in [2.75, 3.05) is 0 Å². The Labute approximate surface area is 117 Å². The quantitative estimate of drug-likeness (QED) is 0.728. The van der Waals surface area contributed by atoms with Gasteiger partial charge in [-0.05, 0) is 35.5 Å². The molecule has 0 saturated carbocycles. The summed E-state index contributed by atoms with van der Waals surface area (Å²) < 4.78 is 14.5. The van der Waals surface area contributed by atoms with Gasteiger partial charge >= 0.3 is 0 Å². The second-order valence-corrected chi connectivity index (χ2v) is 4.55. The molecule has 1 aromatic carbocycles. The maximum Gasteiger partial charge on any atom is 0.209 e. The Morgan fingerprint density at radius 3 is 2.85 bits per heavy atom. The van der Waals surface area contributed by atoms with Gasteiger partial charge in [0, 0.05) is 16.8 Å². The fourth-order valence-electron chi connectivity index (χ4n) is 1.97. The molecule has 0 amide bonds. The van der Waals surface area contributed by atoms with E-state index in [9.17, 15) is 14.4 Å². The average Bonchev–Trinajstić information content (AvgIpc) is 2.79. The number of benzene rings is 1. The molecule has 0 unspecified atom stereocenters. The van der Waals surface area contributed by atoms with Crippen molar-refractivity contribution in [3.63, 3.8) is 0 Å². The first-order chi connectivity index (χ1) is 9.60. The zero-order chi connectivity index (χ0) is 14.3. The zero-order valence-corrected chi connectivity index (χ0v) is 10.7. The van der Waals surface area contributed by atoms with Crippen LogP contribution in [0.1, 0.15) is 0 Å². The Hall–Kier alpha value is -2.47. The number of nitrogens with zero attached hydrogens (tertiary/aromatic N) is 3. The lowest BCUT2D eigenvalue weighted by molar-refractivity contribution is 0.477. The number of phenols is 1. The standard InChI is InChI=1S/C13H7ClFN3O2/c14-7-1-3-10(19)9(5-7)12-13(17-20)18-6-8(15)2-4-11(18)16-12/h1-6,19H. The first kappa shape index (κ1) is 12.6. The number of rotatable bonds is 2. The highest BCUT2D eigenvalue weighted by Gasteiger charge is 2.18. The Balaban J connectivity index is 2.36. The van der Waals surface area contributed by atoms with Crippen molar-refractivity contribution in [3.8, 4) is 17.0 Å². The SMILES string of the molecule is O=Nc1c(-c2cc(Cl)ccc2O)nc2ccc(F)cn12. The van der Waals surface area contributed by atoms with Crippen LogP contribution in [0.4, 0.5) is 10.2 Å². The second-order valence-electron chi connectivity index (χ2n) is 4.11. The summed E-state index contributed by atoms with van der Waals surface area (Å²) in [6.07, 6.45) is 1.10. The molecular weight excluding hydrogens is 285 g/mol. The van der Waals surface area contributed by atoms with Gasteiger partial charge in [-0.15, -0.1) is 4.91 Å². The highest BCUT2D eigenvalue weighted by Crippen LogP contribution is 2.37. The van der Waals surface area contributed by atoms with E-state index < -0.39 is 5.82 Å². The van der Waals surface area contributed by atoms with Crippen molar-refractivity contribution in [2.45, 2.75) is 0 Å². The summed E-state index contributed by atoms with van der Waals surface area (Å²) >= 11 is 5.87. The van der Waals surface area contributed by atoms with E-state index >= 15 is 0 Å². The highest BCUT2D eigenvalue weighted by atomic mass is 35.5. The summed E-state index contributed by atoms with van der Waals surface area (Å²) in [5.41, 5.74) is 0.747. The molecule has 0 radical (unpaired) electrons. The number of nitroso groups, excluding NO2 is 1. The topological polar surface area (TPSA) is 67.0 Å². The summed E-state index contributed by atoms with van der Waals surface area (Å²) in [5.74, 6) is -0.720. The van der Waals surface area contributed by atoms with Gasteiger partial charge in [-0.2, -0.15) is 0 Å². The van der Waals surface area contributed by atoms with Gasteiger partial charge < -0.3 is 5.11 Å². The van der Waals surface area contributed by atoms with Gasteiger partial charge in [0.1, 0.15) is 22.9 Å². The van der Waals surface area contributed by atoms with Crippen LogP contribution in [0.2, 0.25) is 5.02 Å². The Kier molecular flexibility index (Phi) is 2.87. The minimum absolute atomic E-state index is 0.0943. The molecule has 0 bridgehead atoms. The lowest BCUT2D eigenvalue weighted by Crippen LogP contribution is -1.85. The van der Waals surface area contributed by atoms with Gasteiger partial charge in [-0.1, -0.05) is 11.6 Å². The van der Waals surface area contributed by atoms with Gasteiger partial charge in [0.15, 0.2) is 0 Å². The number of halogens is 2. The minimum atomic E-state index is -0.526. The average molecular weight is 292 g/mol. The van der Waals surface area contributed by atoms with E-state index in [-0.39, 0.29) is 22.8 Å². The third-order valence-corrected chi connectivity index (χ3v) is 3.09. The molecule has 0 fully saturated rings. The zero-order valence-electron chi connectivity index (χ0n) is 9.92. The van der Waals surface area contributed by atoms with Crippen LogP contribution in [0.3, 0.4) is 0 Å². The maximum atomic E-state index is 13.2. The fraction of sp³-hybridized carbons (Fsp3) is 0. The summed E-state index contributed by atoms with van der Waals surface area (Å²) in [6.45, 7) is 0. The Morgan fingerprint density at radius 1 is 1.30 bits per heavy atom. The minimum Gasteiger partial charge on any atom is -0.507 e. The van der Waals surface area contributed by atoms with E-state index in [1.807, 2.05) is 0 Å². The fourth-order valence-corrected chi connectivity index (χ4v) is 2.14. The normalized spacial score (nSPS) is 10.9. The van der Waals surface area contributed by atoms with Crippen molar-refractivity contribution in [3.05, 3.63) is 52.3 Å². The highest BCUT2D eigenvalue weighted by molar-refractivity contribution is 6.31. The van der Waals surface area contributed by atoms with Gasteiger partial charge in [0.25, 0.3) is 0 Å². The molecule has 7 heteroatoms. The van der Waals surface area contributed by atoms with Crippen LogP contribution in [0.25, 0.3) is 16.9 Å². The largest absolute Gasteiger partial charge is 0.507 e. The number of aromatic nitrogens is 2. The molecule has 3 aromatic rings. The number of pyridine rings is 1. The van der Waals surface area contributed by atoms with Crippen LogP contribution >= 0.6 is 11.6 Å². The van der Waals surface area contributed by atoms with Gasteiger partial charge in [0.05, 0.1) is 0 Å². The summed E-state index contributed by atoms with van der Waals surface area (Å²) in [4.78, 5) is 15.2. The van der Waals surface area contributed by atoms with Crippen molar-refractivity contribution >= 4 is 23.1 Å². The molecule has 3 rings (SSSR count). The van der Waals surface area contributed by atoms with Crippen LogP contribution < -0.4 is 0 Å². The number of aromatic hydroxyl groups is 1. The predicted molar refractivity (Wildman–Crippen MR) is 72.7 cm³/mol. The van der Waals surface area contributed by atoms with Crippen LogP contribution in [0.15, 0.2) is 41.7 Å². The molecule has 20 heavy (non-hydrogen) atoms. The van der Waals surface area contributed by atoms with E-state index in [2.05, 4.69) is 10.2 Å². The van der Waals surface area contributed by atoms with E-state index in [0.717, 1.165) is 6.20 Å². The monoisotopic (exact) mass is 291 g/mol. The molecule has 0 saturated heterocycles. The lowest BCUT2D eigenvalue weighted by Gasteiger charge is -2.02. The third kappa shape index (κ3) is 1.90. The van der Waals surface area contributed by atoms with Gasteiger partial charge in [0.2, 0.25) is 5.82 Å². The molecule has 0 aliphatic heterocycles. The molecule has 5 nitrogen and oxygen atoms in total. The van der Waals surface area contributed by atoms with Crippen molar-refractivity contribution in [1.82, 2.24) is 9.38 Å². The van der Waals surface area contributed by atoms with E-state index in [4.69, 9.17) is 11.6 Å². The van der Waals surface area contributed by atoms with Crippen molar-refractivity contribution < 1.29 is 9.50 Å². The summed E-state index contributed by atoms with van der Waals surface area (Å²) in [6, 6.07) is 6.98. The number of phenolic OH excluding ortho intramolecular Hbond substituents is 1. The van der Waals surface area contributed by atoms with Crippen LogP contribution in [-0.2, 0) is 0 Å². The summed E-state index contributed by atoms with van der Waals surface area (Å²) in [7, 11) is 0. The van der Waals surface area contributed by atoms with Gasteiger partial charge in [-0.3, -0.25) is 4.40 Å². The van der Waals surface area contributed by atoms with E-state index in [1.54, 1.807) is 0 Å². The maximum absolute atomic E-state index is 13.2. The Bertz CT molecular complexity index is 832. The lowest BCUT2D eigenvalue weighted by atomic mass is 10.1.